The van der Waals surface area contributed by atoms with E-state index in [4.69, 9.17) is 9.47 Å². The molecule has 48 heavy (non-hydrogen) atoms. The van der Waals surface area contributed by atoms with Crippen LogP contribution in [-0.4, -0.2) is 112 Å². The van der Waals surface area contributed by atoms with Gasteiger partial charge in [-0.2, -0.15) is 5.10 Å². The number of hydrogen-bond acceptors (Lipinski definition) is 9. The van der Waals surface area contributed by atoms with Gasteiger partial charge in [0.05, 0.1) is 23.4 Å². The summed E-state index contributed by atoms with van der Waals surface area (Å²) in [7, 11) is 0. The van der Waals surface area contributed by atoms with Crippen molar-refractivity contribution in [1.82, 2.24) is 20.0 Å². The van der Waals surface area contributed by atoms with Crippen LogP contribution < -0.4 is 0 Å². The molecule has 1 fully saturated rings. The second kappa shape index (κ2) is 16.9. The molecule has 0 bridgehead atoms. The number of hydrogen-bond donors (Lipinski definition) is 2. The number of aliphatic hydroxyl groups is 1. The number of piperazine rings is 1. The first-order chi connectivity index (χ1) is 22.9. The summed E-state index contributed by atoms with van der Waals surface area (Å²) in [6.45, 7) is 11.8. The number of carbonyl (C=O) groups excluding carboxylic acids is 4. The molecule has 0 aliphatic carbocycles. The zero-order valence-corrected chi connectivity index (χ0v) is 28.7. The number of aromatic nitrogens is 2. The first-order valence-electron chi connectivity index (χ1n) is 16.7. The molecule has 2 N–H and O–H groups in total. The first kappa shape index (κ1) is 36.8. The summed E-state index contributed by atoms with van der Waals surface area (Å²) in [4.78, 5) is 55.2. The third-order valence-electron chi connectivity index (χ3n) is 9.15. The molecule has 11 nitrogen and oxygen atoms in total. The summed E-state index contributed by atoms with van der Waals surface area (Å²) in [6.07, 6.45) is 1.01. The number of aromatic amines is 1. The van der Waals surface area contributed by atoms with Crippen LogP contribution in [-0.2, 0) is 23.9 Å². The van der Waals surface area contributed by atoms with Gasteiger partial charge in [0.1, 0.15) is 24.9 Å². The van der Waals surface area contributed by atoms with Crippen LogP contribution in [0.15, 0.2) is 48.5 Å². The van der Waals surface area contributed by atoms with Crippen LogP contribution in [0.2, 0.25) is 0 Å². The van der Waals surface area contributed by atoms with Crippen molar-refractivity contribution in [2.75, 3.05) is 32.8 Å². The van der Waals surface area contributed by atoms with Gasteiger partial charge in [-0.25, -0.2) is 0 Å². The van der Waals surface area contributed by atoms with Gasteiger partial charge in [-0.15, -0.1) is 0 Å². The molecule has 1 aromatic heterocycles. The fourth-order valence-electron chi connectivity index (χ4n) is 5.97. The Labute approximate surface area is 282 Å². The Morgan fingerprint density at radius 2 is 1.54 bits per heavy atom. The number of nitrogens with one attached hydrogen (secondary N) is 1. The minimum atomic E-state index is -1.18. The van der Waals surface area contributed by atoms with E-state index in [0.29, 0.717) is 38.2 Å². The largest absolute Gasteiger partial charge is 0.386 e. The highest BCUT2D eigenvalue weighted by atomic mass is 16.5. The average Bonchev–Trinajstić information content (AvgIpc) is 3.52. The number of aliphatic hydroxyl groups excluding tert-OH is 1. The minimum Gasteiger partial charge on any atom is -0.386 e. The fourth-order valence-corrected chi connectivity index (χ4v) is 5.97. The number of H-pyrrole nitrogens is 1. The van der Waals surface area contributed by atoms with E-state index in [1.807, 2.05) is 72.5 Å². The Kier molecular flexibility index (Phi) is 12.9. The maximum atomic E-state index is 13.3. The van der Waals surface area contributed by atoms with E-state index < -0.39 is 36.1 Å². The molecular weight excluding hydrogens is 612 g/mol. The maximum Gasteiger partial charge on any atom is 0.253 e. The maximum absolute atomic E-state index is 13.3. The lowest BCUT2D eigenvalue weighted by Gasteiger charge is -2.38. The Balaban J connectivity index is 1.23. The van der Waals surface area contributed by atoms with Crippen LogP contribution in [0.5, 0.6) is 0 Å². The van der Waals surface area contributed by atoms with Crippen molar-refractivity contribution in [2.24, 2.45) is 5.92 Å². The number of fused-ring (bicyclic) bond motifs is 1. The zero-order valence-electron chi connectivity index (χ0n) is 28.7. The number of nitrogens with zero attached hydrogens (tertiary/aromatic N) is 3. The van der Waals surface area contributed by atoms with Crippen LogP contribution in [0.4, 0.5) is 0 Å². The molecule has 1 saturated heterocycles. The lowest BCUT2D eigenvalue weighted by atomic mass is 9.97. The van der Waals surface area contributed by atoms with Crippen molar-refractivity contribution < 1.29 is 33.8 Å². The highest BCUT2D eigenvalue weighted by Gasteiger charge is 2.32. The molecule has 0 saturated carbocycles. The minimum absolute atomic E-state index is 0.0403. The van der Waals surface area contributed by atoms with Gasteiger partial charge in [-0.1, -0.05) is 50.3 Å². The standard InChI is InChI=1S/C37H48N4O7/c1-7-33(34(43)22-47-25(4)23(2)35(44)26(5)48-27(6)36(45)24(3)42)40-18-20-41(21-19-40)37(46)29-15-12-28(13-16-29)14-17-32-30-10-8-9-11-31(30)38-39-32/h8-17,23-27,33,42H,7,18-22H2,1-6H3,(H,38,39)/b17-14+. The number of carbonyl (C=O) groups is 4. The van der Waals surface area contributed by atoms with E-state index in [0.717, 1.165) is 22.2 Å². The van der Waals surface area contributed by atoms with Gasteiger partial charge in [-0.05, 0) is 64.0 Å². The molecule has 0 radical (unpaired) electrons. The SMILES string of the molecule is CCC(C(=O)COC(C)C(C)C(=O)C(C)OC(C)C(=O)C(C)O)N1CCN(C(=O)c2ccc(/C=C/c3n[nH]c4ccccc34)cc2)CC1. The molecule has 6 atom stereocenters. The smallest absolute Gasteiger partial charge is 0.253 e. The molecule has 11 heteroatoms. The number of Topliss-reactive ketones (excluding diaryl/α,β-unsaturated/α-hetero) is 3. The van der Waals surface area contributed by atoms with E-state index in [2.05, 4.69) is 15.1 Å². The van der Waals surface area contributed by atoms with Crippen LogP contribution in [0, 0.1) is 5.92 Å². The van der Waals surface area contributed by atoms with Crippen molar-refractivity contribution in [3.05, 3.63) is 65.4 Å². The lowest BCUT2D eigenvalue weighted by Crippen LogP contribution is -2.54. The Morgan fingerprint density at radius 3 is 2.19 bits per heavy atom. The van der Waals surface area contributed by atoms with Crippen LogP contribution in [0.1, 0.15) is 69.6 Å². The van der Waals surface area contributed by atoms with E-state index >= 15 is 0 Å². The number of ether oxygens (including phenoxy) is 2. The third kappa shape index (κ3) is 9.10. The van der Waals surface area contributed by atoms with Crippen molar-refractivity contribution >= 4 is 46.3 Å². The molecule has 258 valence electrons. The van der Waals surface area contributed by atoms with Crippen LogP contribution >= 0.6 is 0 Å². The summed E-state index contributed by atoms with van der Waals surface area (Å²) in [5.41, 5.74) is 3.41. The number of benzene rings is 2. The van der Waals surface area contributed by atoms with Gasteiger partial charge in [0.2, 0.25) is 0 Å². The van der Waals surface area contributed by atoms with Crippen molar-refractivity contribution in [1.29, 1.82) is 0 Å². The fraction of sp³-hybridized carbons (Fsp3) is 0.486. The summed E-state index contributed by atoms with van der Waals surface area (Å²) in [5.74, 6) is -1.43. The summed E-state index contributed by atoms with van der Waals surface area (Å²) >= 11 is 0. The van der Waals surface area contributed by atoms with Gasteiger partial charge in [-0.3, -0.25) is 29.2 Å². The van der Waals surface area contributed by atoms with Crippen molar-refractivity contribution in [3.8, 4) is 0 Å². The number of amides is 1. The molecule has 6 unspecified atom stereocenters. The average molecular weight is 661 g/mol. The van der Waals surface area contributed by atoms with E-state index in [9.17, 15) is 24.3 Å². The molecule has 1 aliphatic heterocycles. The third-order valence-corrected chi connectivity index (χ3v) is 9.15. The molecule has 3 aromatic rings. The highest BCUT2D eigenvalue weighted by Crippen LogP contribution is 2.20. The van der Waals surface area contributed by atoms with Gasteiger partial charge in [0.15, 0.2) is 17.3 Å². The summed E-state index contributed by atoms with van der Waals surface area (Å²) < 4.78 is 11.4. The highest BCUT2D eigenvalue weighted by molar-refractivity contribution is 5.95. The monoisotopic (exact) mass is 660 g/mol. The number of ketones is 3. The molecule has 2 heterocycles. The van der Waals surface area contributed by atoms with Crippen molar-refractivity contribution in [3.63, 3.8) is 0 Å². The Bertz CT molecular complexity index is 1590. The molecular formula is C37H48N4O7. The second-order valence-corrected chi connectivity index (χ2v) is 12.5. The molecule has 1 amide bonds. The number of para-hydroxylation sites is 1. The van der Waals surface area contributed by atoms with E-state index in [1.165, 1.54) is 13.8 Å². The predicted molar refractivity (Wildman–Crippen MR) is 184 cm³/mol. The first-order valence-corrected chi connectivity index (χ1v) is 16.7. The number of rotatable bonds is 16. The van der Waals surface area contributed by atoms with Crippen LogP contribution in [0.3, 0.4) is 0 Å². The van der Waals surface area contributed by atoms with Gasteiger partial charge in [0.25, 0.3) is 5.91 Å². The molecule has 0 spiro atoms. The van der Waals surface area contributed by atoms with Gasteiger partial charge >= 0.3 is 0 Å². The van der Waals surface area contributed by atoms with E-state index in [1.54, 1.807) is 20.8 Å². The molecule has 2 aromatic carbocycles. The Hall–Kier alpha value is -4.03. The van der Waals surface area contributed by atoms with Gasteiger partial charge in [0, 0.05) is 43.0 Å². The summed E-state index contributed by atoms with van der Waals surface area (Å²) in [5, 5.41) is 17.9. The van der Waals surface area contributed by atoms with E-state index in [-0.39, 0.29) is 30.1 Å². The quantitative estimate of drug-likeness (QED) is 0.231. The normalized spacial score (nSPS) is 17.9. The molecule has 1 aliphatic rings. The Morgan fingerprint density at radius 1 is 0.896 bits per heavy atom. The molecule has 4 rings (SSSR count). The predicted octanol–water partition coefficient (Wildman–Crippen LogP) is 4.19. The zero-order chi connectivity index (χ0) is 35.0. The summed E-state index contributed by atoms with van der Waals surface area (Å²) in [6, 6.07) is 15.1. The second-order valence-electron chi connectivity index (χ2n) is 12.5. The van der Waals surface area contributed by atoms with Crippen molar-refractivity contribution in [2.45, 2.75) is 78.4 Å². The topological polar surface area (TPSA) is 142 Å². The van der Waals surface area contributed by atoms with Gasteiger partial charge < -0.3 is 19.5 Å². The lowest BCUT2D eigenvalue weighted by molar-refractivity contribution is -0.150. The van der Waals surface area contributed by atoms with Crippen LogP contribution in [0.25, 0.3) is 23.1 Å².